The van der Waals surface area contributed by atoms with Crippen molar-refractivity contribution in [3.8, 4) is 0 Å². The molecule has 2 aromatic heterocycles. The zero-order chi connectivity index (χ0) is 36.7. The maximum atomic E-state index is 14.3. The number of hydrogen-bond acceptors (Lipinski definition) is 8. The van der Waals surface area contributed by atoms with Gasteiger partial charge in [-0.3, -0.25) is 14.4 Å². The smallest absolute Gasteiger partial charge is 0.243 e. The van der Waals surface area contributed by atoms with Crippen LogP contribution in [0.5, 0.6) is 0 Å². The molecule has 1 aliphatic carbocycles. The molecule has 0 bridgehead atoms. The average Bonchev–Trinajstić information content (AvgIpc) is 3.89. The maximum absolute atomic E-state index is 14.3. The van der Waals surface area contributed by atoms with Gasteiger partial charge in [0.25, 0.3) is 0 Å². The average molecular weight is 716 g/mol. The molecular weight excluding hydrogens is 662 g/mol. The Morgan fingerprint density at radius 2 is 1.71 bits per heavy atom. The van der Waals surface area contributed by atoms with Crippen molar-refractivity contribution in [1.82, 2.24) is 35.9 Å². The number of nitrogens with one attached hydrogen (secondary N) is 5. The Hall–Kier alpha value is -4.59. The number of aliphatic hydroxyl groups is 1. The number of amides is 3. The van der Waals surface area contributed by atoms with Gasteiger partial charge in [0.1, 0.15) is 18.0 Å². The molecule has 0 aliphatic heterocycles. The lowest BCUT2D eigenvalue weighted by Gasteiger charge is -2.31. The molecule has 13 nitrogen and oxygen atoms in total. The zero-order valence-corrected chi connectivity index (χ0v) is 30.2. The number of hydrogen-bond donors (Lipinski definition) is 6. The molecule has 2 aromatic carbocycles. The van der Waals surface area contributed by atoms with Crippen molar-refractivity contribution in [2.75, 3.05) is 19.8 Å². The molecule has 1 fully saturated rings. The third-order valence-corrected chi connectivity index (χ3v) is 9.75. The first-order chi connectivity index (χ1) is 25.3. The molecule has 0 spiro atoms. The van der Waals surface area contributed by atoms with Crippen molar-refractivity contribution in [2.45, 2.75) is 96.1 Å². The fourth-order valence-corrected chi connectivity index (χ4v) is 7.10. The summed E-state index contributed by atoms with van der Waals surface area (Å²) >= 11 is 0. The predicted molar refractivity (Wildman–Crippen MR) is 197 cm³/mol. The first-order valence-corrected chi connectivity index (χ1v) is 18.6. The zero-order valence-electron chi connectivity index (χ0n) is 30.2. The van der Waals surface area contributed by atoms with Crippen LogP contribution in [0.25, 0.3) is 10.8 Å². The number of fused-ring (bicyclic) bond motifs is 1. The van der Waals surface area contributed by atoms with Crippen LogP contribution >= 0.6 is 0 Å². The highest BCUT2D eigenvalue weighted by atomic mass is 16.7. The van der Waals surface area contributed by atoms with Crippen molar-refractivity contribution in [3.63, 3.8) is 0 Å². The SMILES string of the molecule is CCOC(CNC(=O)C[C@@H](Cc1cccc2ccccc12)C(=O)N[C@@H](Cc1cnc[nH]1)C(=O)N[C@@H](CC1CCCCC1)[C@@H](O)c1ncc[nH]1)OCC. The van der Waals surface area contributed by atoms with Gasteiger partial charge >= 0.3 is 0 Å². The number of H-pyrrole nitrogens is 2. The summed E-state index contributed by atoms with van der Waals surface area (Å²) in [6.07, 6.45) is 11.0. The Morgan fingerprint density at radius 1 is 0.942 bits per heavy atom. The van der Waals surface area contributed by atoms with Gasteiger partial charge in [0, 0.05) is 50.3 Å². The van der Waals surface area contributed by atoms with E-state index in [0.29, 0.717) is 37.1 Å². The second kappa shape index (κ2) is 19.9. The summed E-state index contributed by atoms with van der Waals surface area (Å²) < 4.78 is 11.2. The lowest BCUT2D eigenvalue weighted by Crippen LogP contribution is -2.54. The Bertz CT molecular complexity index is 1660. The minimum Gasteiger partial charge on any atom is -0.383 e. The fraction of sp³-hybridized carbons (Fsp3) is 0.513. The van der Waals surface area contributed by atoms with Crippen LogP contribution < -0.4 is 16.0 Å². The molecule has 52 heavy (non-hydrogen) atoms. The van der Waals surface area contributed by atoms with Gasteiger partial charge in [-0.25, -0.2) is 9.97 Å². The van der Waals surface area contributed by atoms with E-state index in [1.165, 1.54) is 12.7 Å². The van der Waals surface area contributed by atoms with Crippen molar-refractivity contribution < 1.29 is 29.0 Å². The number of nitrogens with zero attached hydrogens (tertiary/aromatic N) is 2. The molecule has 6 N–H and O–H groups in total. The molecule has 4 atom stereocenters. The second-order valence-corrected chi connectivity index (χ2v) is 13.5. The Kier molecular flexibility index (Phi) is 14.8. The van der Waals surface area contributed by atoms with Crippen LogP contribution in [-0.4, -0.2) is 80.9 Å². The minimum absolute atomic E-state index is 0.125. The molecule has 0 saturated heterocycles. The summed E-state index contributed by atoms with van der Waals surface area (Å²) in [6, 6.07) is 12.2. The van der Waals surface area contributed by atoms with Crippen molar-refractivity contribution in [1.29, 1.82) is 0 Å². The molecule has 13 heteroatoms. The first kappa shape index (κ1) is 38.6. The summed E-state index contributed by atoms with van der Waals surface area (Å²) in [5, 5.41) is 22.3. The molecule has 0 radical (unpaired) electrons. The Morgan fingerprint density at radius 3 is 2.42 bits per heavy atom. The number of carbonyl (C=O) groups is 3. The second-order valence-electron chi connectivity index (χ2n) is 13.5. The Labute approximate surface area is 305 Å². The third kappa shape index (κ3) is 11.2. The molecule has 1 saturated carbocycles. The van der Waals surface area contributed by atoms with Gasteiger partial charge < -0.3 is 40.5 Å². The van der Waals surface area contributed by atoms with E-state index in [1.807, 2.05) is 56.3 Å². The van der Waals surface area contributed by atoms with E-state index in [4.69, 9.17) is 9.47 Å². The normalized spacial score (nSPS) is 15.9. The van der Waals surface area contributed by atoms with E-state index in [1.54, 1.807) is 18.6 Å². The van der Waals surface area contributed by atoms with Gasteiger partial charge in [0.05, 0.1) is 24.8 Å². The van der Waals surface area contributed by atoms with Crippen LogP contribution in [0.3, 0.4) is 0 Å². The Balaban J connectivity index is 1.37. The topological polar surface area (TPSA) is 183 Å². The van der Waals surface area contributed by atoms with Crippen molar-refractivity contribution in [3.05, 3.63) is 84.5 Å². The number of carbonyl (C=O) groups excluding carboxylic acids is 3. The highest BCUT2D eigenvalue weighted by molar-refractivity contribution is 5.92. The van der Waals surface area contributed by atoms with E-state index in [2.05, 4.69) is 35.9 Å². The summed E-state index contributed by atoms with van der Waals surface area (Å²) in [5.41, 5.74) is 1.56. The van der Waals surface area contributed by atoms with Gasteiger partial charge in [0.15, 0.2) is 6.29 Å². The number of imidazole rings is 2. The van der Waals surface area contributed by atoms with E-state index < -0.39 is 42.2 Å². The number of benzene rings is 2. The first-order valence-electron chi connectivity index (χ1n) is 18.6. The van der Waals surface area contributed by atoms with Gasteiger partial charge in [-0.2, -0.15) is 0 Å². The van der Waals surface area contributed by atoms with Gasteiger partial charge in [-0.15, -0.1) is 0 Å². The number of ether oxygens (including phenoxy) is 2. The molecule has 280 valence electrons. The molecule has 3 amide bonds. The van der Waals surface area contributed by atoms with Crippen molar-refractivity contribution >= 4 is 28.5 Å². The van der Waals surface area contributed by atoms with Crippen LogP contribution in [0, 0.1) is 11.8 Å². The van der Waals surface area contributed by atoms with Crippen molar-refractivity contribution in [2.24, 2.45) is 11.8 Å². The highest BCUT2D eigenvalue weighted by Crippen LogP contribution is 2.30. The monoisotopic (exact) mass is 715 g/mol. The summed E-state index contributed by atoms with van der Waals surface area (Å²) in [6.45, 7) is 4.68. The van der Waals surface area contributed by atoms with E-state index in [0.717, 1.165) is 42.0 Å². The molecule has 0 unspecified atom stereocenters. The van der Waals surface area contributed by atoms with Crippen LogP contribution in [0.2, 0.25) is 0 Å². The summed E-state index contributed by atoms with van der Waals surface area (Å²) in [7, 11) is 0. The number of aliphatic hydroxyl groups excluding tert-OH is 1. The van der Waals surface area contributed by atoms with E-state index in [9.17, 15) is 19.5 Å². The van der Waals surface area contributed by atoms with Gasteiger partial charge in [-0.1, -0.05) is 74.6 Å². The standard InChI is InChI=1S/C39H53N7O6/c1-3-51-35(52-4-2)24-43-34(47)21-29(20-28-15-10-14-27-13-8-9-16-31(27)28)38(49)46-33(22-30-23-40-25-44-30)39(50)45-32(19-26-11-6-5-7-12-26)36(48)37-41-17-18-42-37/h8-10,13-18,23,25-26,29,32-33,35-36,48H,3-7,11-12,19-22,24H2,1-2H3,(H,40,44)(H,41,42)(H,43,47)(H,45,50)(H,46,49)/t29-,32+,33+,36-/m1/s1. The van der Waals surface area contributed by atoms with Crippen LogP contribution in [-0.2, 0) is 36.7 Å². The predicted octanol–water partition coefficient (Wildman–Crippen LogP) is 4.27. The highest BCUT2D eigenvalue weighted by Gasteiger charge is 2.33. The van der Waals surface area contributed by atoms with Crippen LogP contribution in [0.15, 0.2) is 67.4 Å². The number of rotatable bonds is 20. The molecule has 2 heterocycles. The number of aromatic nitrogens is 4. The van der Waals surface area contributed by atoms with Gasteiger partial charge in [-0.05, 0) is 48.9 Å². The number of aromatic amines is 2. The summed E-state index contributed by atoms with van der Waals surface area (Å²) in [4.78, 5) is 56.3. The minimum atomic E-state index is -1.07. The molecule has 1 aliphatic rings. The molecule has 5 rings (SSSR count). The maximum Gasteiger partial charge on any atom is 0.243 e. The molecule has 4 aromatic rings. The van der Waals surface area contributed by atoms with Gasteiger partial charge in [0.2, 0.25) is 17.7 Å². The van der Waals surface area contributed by atoms with E-state index in [-0.39, 0.29) is 31.7 Å². The fourth-order valence-electron chi connectivity index (χ4n) is 7.10. The lowest BCUT2D eigenvalue weighted by molar-refractivity contribution is -0.142. The molecular formula is C39H53N7O6. The van der Waals surface area contributed by atoms with E-state index >= 15 is 0 Å². The third-order valence-electron chi connectivity index (χ3n) is 9.75. The van der Waals surface area contributed by atoms with Crippen LogP contribution in [0.4, 0.5) is 0 Å². The summed E-state index contributed by atoms with van der Waals surface area (Å²) in [5.74, 6) is -1.32. The largest absolute Gasteiger partial charge is 0.383 e. The quantitative estimate of drug-likeness (QED) is 0.0734. The van der Waals surface area contributed by atoms with Crippen LogP contribution in [0.1, 0.15) is 82.0 Å². The lowest BCUT2D eigenvalue weighted by atomic mass is 9.83.